The first-order chi connectivity index (χ1) is 8.66. The summed E-state index contributed by atoms with van der Waals surface area (Å²) in [5.74, 6) is -2.07. The number of rotatable bonds is 2. The van der Waals surface area contributed by atoms with Gasteiger partial charge >= 0.3 is 0 Å². The number of fused-ring (bicyclic) bond motifs is 1. The summed E-state index contributed by atoms with van der Waals surface area (Å²) in [4.78, 5) is 24.6. The summed E-state index contributed by atoms with van der Waals surface area (Å²) >= 11 is 1.28. The van der Waals surface area contributed by atoms with Gasteiger partial charge in [-0.25, -0.2) is 4.39 Å². The second-order valence-corrected chi connectivity index (χ2v) is 4.94. The predicted molar refractivity (Wildman–Crippen MR) is 66.4 cm³/mol. The van der Waals surface area contributed by atoms with E-state index in [9.17, 15) is 14.0 Å². The first-order valence-electron chi connectivity index (χ1n) is 5.35. The van der Waals surface area contributed by atoms with Gasteiger partial charge in [-0.3, -0.25) is 9.59 Å². The maximum absolute atomic E-state index is 13.2. The summed E-state index contributed by atoms with van der Waals surface area (Å²) in [6.07, 6.45) is 0. The number of Topliss-reactive ketones (excluding diaryl/α,β-unsaturated/α-hetero) is 1. The van der Waals surface area contributed by atoms with Crippen LogP contribution in [0.3, 0.4) is 0 Å². The fourth-order valence-electron chi connectivity index (χ4n) is 2.05. The summed E-state index contributed by atoms with van der Waals surface area (Å²) in [5.41, 5.74) is 0.926. The van der Waals surface area contributed by atoms with Gasteiger partial charge in [0.15, 0.2) is 5.78 Å². The molecular weight excluding hydrogens is 253 g/mol. The number of ketones is 1. The Balaban J connectivity index is 2.06. The molecule has 0 bridgehead atoms. The minimum atomic E-state index is -0.936. The lowest BCUT2D eigenvalue weighted by Gasteiger charge is -2.05. The van der Waals surface area contributed by atoms with Crippen LogP contribution < -0.4 is 5.32 Å². The molecule has 18 heavy (non-hydrogen) atoms. The van der Waals surface area contributed by atoms with E-state index in [1.807, 2.05) is 0 Å². The lowest BCUT2D eigenvalue weighted by molar-refractivity contribution is -0.116. The Morgan fingerprint density at radius 1 is 1.33 bits per heavy atom. The summed E-state index contributed by atoms with van der Waals surface area (Å²) in [7, 11) is 0. The first kappa shape index (κ1) is 11.1. The van der Waals surface area contributed by atoms with Crippen LogP contribution in [0, 0.1) is 5.82 Å². The highest BCUT2D eigenvalue weighted by molar-refractivity contribution is 7.12. The average molecular weight is 261 g/mol. The van der Waals surface area contributed by atoms with Gasteiger partial charge in [0.25, 0.3) is 0 Å². The van der Waals surface area contributed by atoms with Gasteiger partial charge in [0.2, 0.25) is 5.91 Å². The van der Waals surface area contributed by atoms with Crippen LogP contribution in [0.25, 0.3) is 0 Å². The molecule has 1 aromatic heterocycles. The number of halogens is 1. The van der Waals surface area contributed by atoms with Crippen LogP contribution in [0.1, 0.15) is 21.2 Å². The second-order valence-electron chi connectivity index (χ2n) is 4.00. The molecule has 0 saturated carbocycles. The van der Waals surface area contributed by atoms with E-state index in [1.54, 1.807) is 17.5 Å². The molecule has 0 saturated heterocycles. The molecule has 1 N–H and O–H groups in total. The SMILES string of the molecule is O=C1Nc2ccc(F)cc2C1C(=O)c1cccs1. The molecule has 1 aliphatic rings. The van der Waals surface area contributed by atoms with Gasteiger partial charge in [-0.05, 0) is 35.2 Å². The van der Waals surface area contributed by atoms with Gasteiger partial charge in [0, 0.05) is 5.69 Å². The van der Waals surface area contributed by atoms with Crippen molar-refractivity contribution in [3.8, 4) is 0 Å². The van der Waals surface area contributed by atoms with E-state index in [4.69, 9.17) is 0 Å². The van der Waals surface area contributed by atoms with Crippen LogP contribution in [0.15, 0.2) is 35.7 Å². The normalized spacial score (nSPS) is 17.4. The van der Waals surface area contributed by atoms with E-state index < -0.39 is 17.6 Å². The summed E-state index contributed by atoms with van der Waals surface area (Å²) in [6.45, 7) is 0. The van der Waals surface area contributed by atoms with Gasteiger partial charge in [0.05, 0.1) is 4.88 Å². The number of hydrogen-bond acceptors (Lipinski definition) is 3. The fourth-order valence-corrected chi connectivity index (χ4v) is 2.75. The third-order valence-corrected chi connectivity index (χ3v) is 3.76. The lowest BCUT2D eigenvalue weighted by atomic mass is 9.95. The standard InChI is InChI=1S/C13H8FNO2S/c14-7-3-4-9-8(6-7)11(13(17)15-9)12(16)10-2-1-5-18-10/h1-6,11H,(H,15,17). The predicted octanol–water partition coefficient (Wildman–Crippen LogP) is 2.81. The van der Waals surface area contributed by atoms with E-state index >= 15 is 0 Å². The van der Waals surface area contributed by atoms with Crippen LogP contribution in [0.4, 0.5) is 10.1 Å². The number of amides is 1. The van der Waals surface area contributed by atoms with Crippen molar-refractivity contribution in [3.05, 3.63) is 52.0 Å². The number of anilines is 1. The molecule has 2 heterocycles. The highest BCUT2D eigenvalue weighted by atomic mass is 32.1. The van der Waals surface area contributed by atoms with Crippen molar-refractivity contribution in [2.24, 2.45) is 0 Å². The van der Waals surface area contributed by atoms with E-state index in [-0.39, 0.29) is 5.78 Å². The number of thiophene rings is 1. The first-order valence-corrected chi connectivity index (χ1v) is 6.23. The molecule has 2 aromatic rings. The molecule has 0 spiro atoms. The molecule has 90 valence electrons. The Hall–Kier alpha value is -2.01. The maximum Gasteiger partial charge on any atom is 0.239 e. The molecule has 3 nitrogen and oxygen atoms in total. The van der Waals surface area contributed by atoms with E-state index in [0.29, 0.717) is 16.1 Å². The molecule has 0 aliphatic carbocycles. The third-order valence-electron chi connectivity index (χ3n) is 2.87. The largest absolute Gasteiger partial charge is 0.325 e. The van der Waals surface area contributed by atoms with Crippen LogP contribution in [0.5, 0.6) is 0 Å². The molecule has 1 unspecified atom stereocenters. The third kappa shape index (κ3) is 1.64. The average Bonchev–Trinajstić information content (AvgIpc) is 2.94. The molecule has 1 aliphatic heterocycles. The Labute approximate surface area is 106 Å². The molecule has 0 radical (unpaired) electrons. The number of hydrogen-bond donors (Lipinski definition) is 1. The van der Waals surface area contributed by atoms with Crippen LogP contribution >= 0.6 is 11.3 Å². The van der Waals surface area contributed by atoms with E-state index in [2.05, 4.69) is 5.32 Å². The fraction of sp³-hybridized carbons (Fsp3) is 0.0769. The van der Waals surface area contributed by atoms with Gasteiger partial charge in [-0.2, -0.15) is 0 Å². The van der Waals surface area contributed by atoms with Gasteiger partial charge in [-0.1, -0.05) is 6.07 Å². The van der Waals surface area contributed by atoms with E-state index in [1.165, 1.54) is 29.5 Å². The molecule has 3 rings (SSSR count). The zero-order valence-electron chi connectivity index (χ0n) is 9.14. The number of carbonyl (C=O) groups is 2. The number of nitrogens with one attached hydrogen (secondary N) is 1. The Morgan fingerprint density at radius 2 is 2.17 bits per heavy atom. The Bertz CT molecular complexity index is 636. The second kappa shape index (κ2) is 4.03. The summed E-state index contributed by atoms with van der Waals surface area (Å²) in [6, 6.07) is 7.39. The zero-order valence-corrected chi connectivity index (χ0v) is 9.96. The highest BCUT2D eigenvalue weighted by Crippen LogP contribution is 2.35. The number of carbonyl (C=O) groups excluding carboxylic acids is 2. The molecular formula is C13H8FNO2S. The Kier molecular flexibility index (Phi) is 2.48. The summed E-state index contributed by atoms with van der Waals surface area (Å²) < 4.78 is 13.2. The minimum absolute atomic E-state index is 0.285. The van der Waals surface area contributed by atoms with Gasteiger partial charge < -0.3 is 5.32 Å². The van der Waals surface area contributed by atoms with Crippen LogP contribution in [-0.4, -0.2) is 11.7 Å². The molecule has 1 aromatic carbocycles. The van der Waals surface area contributed by atoms with Crippen LogP contribution in [0.2, 0.25) is 0 Å². The van der Waals surface area contributed by atoms with Crippen molar-refractivity contribution in [2.45, 2.75) is 5.92 Å². The van der Waals surface area contributed by atoms with Gasteiger partial charge in [0.1, 0.15) is 11.7 Å². The zero-order chi connectivity index (χ0) is 12.7. The molecule has 1 atom stereocenters. The monoisotopic (exact) mass is 261 g/mol. The smallest absolute Gasteiger partial charge is 0.239 e. The maximum atomic E-state index is 13.2. The summed E-state index contributed by atoms with van der Waals surface area (Å²) in [5, 5.41) is 4.37. The Morgan fingerprint density at radius 3 is 2.89 bits per heavy atom. The topological polar surface area (TPSA) is 46.2 Å². The quantitative estimate of drug-likeness (QED) is 0.667. The van der Waals surface area contributed by atoms with Crippen molar-refractivity contribution in [1.29, 1.82) is 0 Å². The molecule has 0 fully saturated rings. The minimum Gasteiger partial charge on any atom is -0.325 e. The highest BCUT2D eigenvalue weighted by Gasteiger charge is 2.37. The molecule has 5 heteroatoms. The molecule has 1 amide bonds. The van der Waals surface area contributed by atoms with Crippen molar-refractivity contribution in [1.82, 2.24) is 0 Å². The number of benzene rings is 1. The van der Waals surface area contributed by atoms with Gasteiger partial charge in [-0.15, -0.1) is 11.3 Å². The van der Waals surface area contributed by atoms with Crippen LogP contribution in [-0.2, 0) is 4.79 Å². The van der Waals surface area contributed by atoms with Crippen molar-refractivity contribution < 1.29 is 14.0 Å². The van der Waals surface area contributed by atoms with Crippen molar-refractivity contribution >= 4 is 28.7 Å². The lowest BCUT2D eigenvalue weighted by Crippen LogP contribution is -2.20. The van der Waals surface area contributed by atoms with Crippen molar-refractivity contribution in [2.75, 3.05) is 5.32 Å². The van der Waals surface area contributed by atoms with E-state index in [0.717, 1.165) is 0 Å². The van der Waals surface area contributed by atoms with Crippen molar-refractivity contribution in [3.63, 3.8) is 0 Å².